The first kappa shape index (κ1) is 49.8. The van der Waals surface area contributed by atoms with Gasteiger partial charge < -0.3 is 45.7 Å². The Balaban J connectivity index is 0.000000192. The van der Waals surface area contributed by atoms with Crippen LogP contribution < -0.4 is 44.4 Å². The van der Waals surface area contributed by atoms with Gasteiger partial charge in [-0.3, -0.25) is 33.7 Å². The van der Waals surface area contributed by atoms with Crippen LogP contribution in [0.2, 0.25) is 0 Å². The Morgan fingerprint density at radius 3 is 1.91 bits per heavy atom. The number of benzene rings is 3. The molecule has 1 aliphatic heterocycles. The summed E-state index contributed by atoms with van der Waals surface area (Å²) in [6.07, 6.45) is 0.606. The van der Waals surface area contributed by atoms with Crippen LogP contribution in [-0.4, -0.2) is 92.3 Å². The maximum atomic E-state index is 12.9. The number of halogens is 1. The molecule has 7 rings (SSSR count). The van der Waals surface area contributed by atoms with E-state index in [-0.39, 0.29) is 57.7 Å². The van der Waals surface area contributed by atoms with Crippen molar-refractivity contribution in [3.8, 4) is 5.88 Å². The fraction of sp³-hybridized carbons (Fsp3) is 0.233. The van der Waals surface area contributed by atoms with E-state index >= 15 is 0 Å². The standard InChI is InChI=1S/C16H20N4O4.C15H14FN3O5.C12H10N2O6/c1-4-17-13-12(15(22)20(24)16(23)18-13)14(21)19(3)9-11-7-5-10(2)6-8-11;16-10-4-2-9(3-5-10)8-24-14(21)11-12-17-6-1-7-18(12)15(22)19(23)13(11)20;15-9-8(10(16)14(19)12(18)13-9)11(17)20-6-7-4-2-1-3-5-7/h5-8,17,24H,4,9H2,1-3H3,(H,18,23);2-5,17,23H,1,6-8H2;1-5,16,19H,6H2,(H,13,15,18). The molecule has 0 saturated heterocycles. The number of aromatic nitrogens is 6. The number of ether oxygens (including phenoxy) is 2. The predicted molar refractivity (Wildman–Crippen MR) is 236 cm³/mol. The summed E-state index contributed by atoms with van der Waals surface area (Å²) in [7, 11) is 1.55. The third-order valence-corrected chi connectivity index (χ3v) is 9.68. The van der Waals surface area contributed by atoms with E-state index in [1.807, 2.05) is 31.2 Å². The highest BCUT2D eigenvalue weighted by molar-refractivity contribution is 5.98. The number of amides is 1. The lowest BCUT2D eigenvalue weighted by Gasteiger charge is -2.22. The van der Waals surface area contributed by atoms with Gasteiger partial charge >= 0.3 is 40.1 Å². The SMILES string of the molecule is CCNc1[nH]c(=O)n(O)c(=O)c1C(=O)N(C)Cc1ccc(C)cc1.O=C(OCc1ccc(F)cc1)c1c2n(c(=O)n(O)c1=O)CCCN2.O=C(OCc1ccccc1)c1c(O)n(O)c(=O)[nH]c1=O. The number of aromatic hydroxyl groups is 1. The molecule has 8 N–H and O–H groups in total. The number of aromatic amines is 2. The number of rotatable bonds is 11. The molecule has 3 aromatic carbocycles. The van der Waals surface area contributed by atoms with Crippen molar-refractivity contribution in [2.75, 3.05) is 30.8 Å². The van der Waals surface area contributed by atoms with Gasteiger partial charge in [-0.2, -0.15) is 0 Å². The lowest BCUT2D eigenvalue weighted by atomic mass is 10.1. The van der Waals surface area contributed by atoms with Gasteiger partial charge in [-0.1, -0.05) is 86.5 Å². The Labute approximate surface area is 380 Å². The van der Waals surface area contributed by atoms with Crippen molar-refractivity contribution in [1.82, 2.24) is 33.6 Å². The van der Waals surface area contributed by atoms with E-state index in [1.165, 1.54) is 29.2 Å². The number of nitrogens with one attached hydrogen (secondary N) is 4. The highest BCUT2D eigenvalue weighted by Gasteiger charge is 2.28. The monoisotopic (exact) mass is 945 g/mol. The summed E-state index contributed by atoms with van der Waals surface area (Å²) in [5.74, 6) is -4.30. The zero-order valence-electron chi connectivity index (χ0n) is 36.3. The Morgan fingerprint density at radius 2 is 1.29 bits per heavy atom. The van der Waals surface area contributed by atoms with Crippen molar-refractivity contribution in [2.45, 2.75) is 46.6 Å². The number of anilines is 2. The number of aryl methyl sites for hydroxylation is 1. The van der Waals surface area contributed by atoms with Crippen LogP contribution in [0.1, 0.15) is 66.7 Å². The van der Waals surface area contributed by atoms with Crippen LogP contribution in [0.3, 0.4) is 0 Å². The minimum atomic E-state index is -1.26. The minimum absolute atomic E-state index is 0.00134. The fourth-order valence-corrected chi connectivity index (χ4v) is 6.22. The molecule has 68 heavy (non-hydrogen) atoms. The second-order valence-corrected chi connectivity index (χ2v) is 14.6. The van der Waals surface area contributed by atoms with Crippen molar-refractivity contribution in [1.29, 1.82) is 0 Å². The quantitative estimate of drug-likeness (QED) is 0.0668. The minimum Gasteiger partial charge on any atom is -0.492 e. The molecular weight excluding hydrogens is 902 g/mol. The molecule has 0 unspecified atom stereocenters. The third kappa shape index (κ3) is 11.7. The van der Waals surface area contributed by atoms with Gasteiger partial charge in [0, 0.05) is 33.2 Å². The smallest absolute Gasteiger partial charge is 0.366 e. The summed E-state index contributed by atoms with van der Waals surface area (Å²) in [6, 6.07) is 21.6. The molecule has 0 radical (unpaired) electrons. The first-order chi connectivity index (χ1) is 32.3. The molecule has 1 amide bonds. The molecule has 0 aliphatic carbocycles. The Hall–Kier alpha value is -9.16. The van der Waals surface area contributed by atoms with E-state index in [0.29, 0.717) is 30.6 Å². The molecule has 6 aromatic rings. The van der Waals surface area contributed by atoms with Gasteiger partial charge in [0.25, 0.3) is 17.3 Å². The van der Waals surface area contributed by atoms with E-state index in [9.17, 15) is 63.1 Å². The molecule has 25 heteroatoms. The van der Waals surface area contributed by atoms with E-state index in [2.05, 4.69) is 15.6 Å². The van der Waals surface area contributed by atoms with Gasteiger partial charge in [-0.05, 0) is 49.1 Å². The van der Waals surface area contributed by atoms with Crippen molar-refractivity contribution < 1.29 is 49.0 Å². The van der Waals surface area contributed by atoms with Crippen LogP contribution >= 0.6 is 0 Å². The summed E-state index contributed by atoms with van der Waals surface area (Å²) in [5.41, 5.74) is -4.93. The molecule has 3 aromatic heterocycles. The largest absolute Gasteiger partial charge is 0.492 e. The number of carbonyl (C=O) groups is 3. The summed E-state index contributed by atoms with van der Waals surface area (Å²) in [6.45, 7) is 4.85. The maximum absolute atomic E-state index is 12.9. The first-order valence-corrected chi connectivity index (χ1v) is 20.2. The van der Waals surface area contributed by atoms with Gasteiger partial charge in [0.2, 0.25) is 0 Å². The second-order valence-electron chi connectivity index (χ2n) is 14.6. The molecule has 0 bridgehead atoms. The second kappa shape index (κ2) is 22.2. The van der Waals surface area contributed by atoms with Gasteiger partial charge in [0.05, 0.1) is 0 Å². The molecule has 0 fully saturated rings. The number of H-pyrrole nitrogens is 2. The molecule has 4 heterocycles. The number of nitrogens with zero attached hydrogens (tertiary/aromatic N) is 5. The highest BCUT2D eigenvalue weighted by Crippen LogP contribution is 2.17. The third-order valence-electron chi connectivity index (χ3n) is 9.68. The van der Waals surface area contributed by atoms with Crippen molar-refractivity contribution in [2.24, 2.45) is 0 Å². The summed E-state index contributed by atoms with van der Waals surface area (Å²) in [4.78, 5) is 112. The lowest BCUT2D eigenvalue weighted by Crippen LogP contribution is -2.45. The van der Waals surface area contributed by atoms with E-state index in [4.69, 9.17) is 14.7 Å². The Morgan fingerprint density at radius 1 is 0.735 bits per heavy atom. The zero-order valence-corrected chi connectivity index (χ0v) is 36.3. The number of carbonyl (C=O) groups excluding carboxylic acids is 3. The van der Waals surface area contributed by atoms with E-state index < -0.39 is 74.4 Å². The topological polar surface area (TPSA) is 332 Å². The number of esters is 2. The first-order valence-electron chi connectivity index (χ1n) is 20.2. The molecule has 24 nitrogen and oxygen atoms in total. The molecule has 0 spiro atoms. The number of hydrogen-bond acceptors (Lipinski definition) is 17. The van der Waals surface area contributed by atoms with Crippen LogP contribution in [0.25, 0.3) is 0 Å². The molecule has 1 aliphatic rings. The van der Waals surface area contributed by atoms with Gasteiger partial charge in [-0.15, -0.1) is 0 Å². The van der Waals surface area contributed by atoms with Crippen LogP contribution in [0.5, 0.6) is 5.88 Å². The normalized spacial score (nSPS) is 11.3. The average molecular weight is 946 g/mol. The van der Waals surface area contributed by atoms with Crippen molar-refractivity contribution in [3.05, 3.63) is 186 Å². The van der Waals surface area contributed by atoms with Gasteiger partial charge in [-0.25, -0.2) is 28.4 Å². The summed E-state index contributed by atoms with van der Waals surface area (Å²) in [5, 5.41) is 43.2. The van der Waals surface area contributed by atoms with Crippen LogP contribution in [0.4, 0.5) is 16.0 Å². The van der Waals surface area contributed by atoms with Crippen LogP contribution in [0.15, 0.2) is 108 Å². The molecule has 0 atom stereocenters. The van der Waals surface area contributed by atoms with E-state index in [0.717, 1.165) is 15.7 Å². The number of hydrogen-bond donors (Lipinski definition) is 8. The highest BCUT2D eigenvalue weighted by atomic mass is 19.1. The lowest BCUT2D eigenvalue weighted by molar-refractivity contribution is 0.0448. The summed E-state index contributed by atoms with van der Waals surface area (Å²) >= 11 is 0. The van der Waals surface area contributed by atoms with Crippen LogP contribution in [0, 0.1) is 12.7 Å². The zero-order chi connectivity index (χ0) is 49.8. The average Bonchev–Trinajstić information content (AvgIpc) is 3.32. The molecular formula is C43H44FN9O15. The number of fused-ring (bicyclic) bond motifs is 1. The Bertz CT molecular complexity index is 3180. The molecule has 0 saturated carbocycles. The van der Waals surface area contributed by atoms with E-state index in [1.54, 1.807) is 49.3 Å². The maximum Gasteiger partial charge on any atom is 0.366 e. The van der Waals surface area contributed by atoms with Gasteiger partial charge in [0.15, 0.2) is 11.1 Å². The Kier molecular flexibility index (Phi) is 16.2. The summed E-state index contributed by atoms with van der Waals surface area (Å²) < 4.78 is 23.4. The van der Waals surface area contributed by atoms with Crippen molar-refractivity contribution in [3.63, 3.8) is 0 Å². The van der Waals surface area contributed by atoms with Gasteiger partial charge in [0.1, 0.15) is 36.2 Å². The van der Waals surface area contributed by atoms with Crippen molar-refractivity contribution >= 4 is 29.5 Å². The van der Waals surface area contributed by atoms with Crippen LogP contribution in [-0.2, 0) is 35.8 Å². The fourth-order valence-electron chi connectivity index (χ4n) is 6.22. The predicted octanol–water partition coefficient (Wildman–Crippen LogP) is 1.18. The molecule has 358 valence electrons.